The summed E-state index contributed by atoms with van der Waals surface area (Å²) in [7, 11) is 1.27. The number of anilines is 1. The first-order valence-electron chi connectivity index (χ1n) is 9.42. The number of nitrogens with one attached hydrogen (secondary N) is 1. The summed E-state index contributed by atoms with van der Waals surface area (Å²) in [6, 6.07) is 8.38. The van der Waals surface area contributed by atoms with Gasteiger partial charge >= 0.3 is 5.97 Å². The maximum absolute atomic E-state index is 12.9. The minimum absolute atomic E-state index is 0.228. The predicted molar refractivity (Wildman–Crippen MR) is 107 cm³/mol. The van der Waals surface area contributed by atoms with Crippen LogP contribution in [0.15, 0.2) is 41.5 Å². The van der Waals surface area contributed by atoms with Gasteiger partial charge in [-0.2, -0.15) is 0 Å². The average molecular weight is 392 g/mol. The molecule has 1 aliphatic rings. The molecular weight excluding hydrogens is 372 g/mol. The van der Waals surface area contributed by atoms with E-state index < -0.39 is 11.9 Å². The lowest BCUT2D eigenvalue weighted by molar-refractivity contribution is -0.116. The highest BCUT2D eigenvalue weighted by molar-refractivity contribution is 6.01. The molecular formula is C21H20N4O4. The number of aryl methyl sites for hydroxylation is 2. The van der Waals surface area contributed by atoms with E-state index in [1.165, 1.54) is 18.0 Å². The third kappa shape index (κ3) is 3.73. The Labute approximate surface area is 166 Å². The second-order valence-electron chi connectivity index (χ2n) is 6.94. The number of hydrogen-bond donors (Lipinski definition) is 1. The molecule has 3 aromatic rings. The molecule has 0 saturated heterocycles. The number of nitrogens with zero attached hydrogens (tertiary/aromatic N) is 3. The molecule has 8 nitrogen and oxygen atoms in total. The SMILES string of the molecule is COC(=O)c1ccccc1NC(=O)Cn1cnc2nc3c(cc2c1=O)CCCC3. The van der Waals surface area contributed by atoms with E-state index in [1.54, 1.807) is 24.3 Å². The second-order valence-corrected chi connectivity index (χ2v) is 6.94. The minimum atomic E-state index is -0.554. The Morgan fingerprint density at radius 3 is 2.83 bits per heavy atom. The van der Waals surface area contributed by atoms with Gasteiger partial charge in [-0.05, 0) is 49.4 Å². The summed E-state index contributed by atoms with van der Waals surface area (Å²) in [4.78, 5) is 46.0. The van der Waals surface area contributed by atoms with Gasteiger partial charge in [0.25, 0.3) is 5.56 Å². The zero-order chi connectivity index (χ0) is 20.4. The van der Waals surface area contributed by atoms with Crippen LogP contribution in [-0.2, 0) is 28.9 Å². The highest BCUT2D eigenvalue weighted by Crippen LogP contribution is 2.21. The van der Waals surface area contributed by atoms with E-state index in [-0.39, 0.29) is 17.7 Å². The van der Waals surface area contributed by atoms with E-state index in [2.05, 4.69) is 15.3 Å². The highest BCUT2D eigenvalue weighted by atomic mass is 16.5. The zero-order valence-corrected chi connectivity index (χ0v) is 16.0. The number of pyridine rings is 1. The number of benzene rings is 1. The standard InChI is InChI=1S/C21H20N4O4/c1-29-21(28)14-7-3-5-9-17(14)23-18(26)11-25-12-22-19-15(20(25)27)10-13-6-2-4-8-16(13)24-19/h3,5,7,9-10,12H,2,4,6,8,11H2,1H3,(H,23,26). The van der Waals surface area contributed by atoms with Crippen molar-refractivity contribution in [3.05, 3.63) is 63.8 Å². The number of hydrogen-bond acceptors (Lipinski definition) is 6. The Bertz CT molecular complexity index is 1170. The van der Waals surface area contributed by atoms with Crippen molar-refractivity contribution in [1.82, 2.24) is 14.5 Å². The normalized spacial score (nSPS) is 13.0. The Hall–Kier alpha value is -3.55. The van der Waals surface area contributed by atoms with Gasteiger partial charge in [0.05, 0.1) is 23.7 Å². The second kappa shape index (κ2) is 7.83. The maximum atomic E-state index is 12.9. The van der Waals surface area contributed by atoms with Gasteiger partial charge in [-0.25, -0.2) is 14.8 Å². The molecule has 2 heterocycles. The van der Waals surface area contributed by atoms with Gasteiger partial charge in [-0.1, -0.05) is 12.1 Å². The molecule has 4 rings (SSSR count). The first-order chi connectivity index (χ1) is 14.1. The van der Waals surface area contributed by atoms with E-state index in [4.69, 9.17) is 4.74 Å². The van der Waals surface area contributed by atoms with Crippen LogP contribution < -0.4 is 10.9 Å². The summed E-state index contributed by atoms with van der Waals surface area (Å²) in [6.07, 6.45) is 5.31. The van der Waals surface area contributed by atoms with E-state index in [1.807, 2.05) is 6.07 Å². The van der Waals surface area contributed by atoms with Crippen LogP contribution >= 0.6 is 0 Å². The molecule has 0 bridgehead atoms. The van der Waals surface area contributed by atoms with E-state index in [9.17, 15) is 14.4 Å². The average Bonchev–Trinajstić information content (AvgIpc) is 2.74. The lowest BCUT2D eigenvalue weighted by Gasteiger charge is -2.15. The van der Waals surface area contributed by atoms with Crippen LogP contribution in [0.4, 0.5) is 5.69 Å². The van der Waals surface area contributed by atoms with Gasteiger partial charge < -0.3 is 10.1 Å². The molecule has 1 N–H and O–H groups in total. The molecule has 0 aliphatic heterocycles. The summed E-state index contributed by atoms with van der Waals surface area (Å²) in [6.45, 7) is -0.228. The Morgan fingerprint density at radius 1 is 1.21 bits per heavy atom. The van der Waals surface area contributed by atoms with E-state index in [0.717, 1.165) is 36.9 Å². The van der Waals surface area contributed by atoms with Crippen LogP contribution in [0.1, 0.15) is 34.5 Å². The van der Waals surface area contributed by atoms with Crippen LogP contribution in [0, 0.1) is 0 Å². The fraction of sp³-hybridized carbons (Fsp3) is 0.286. The summed E-state index contributed by atoms with van der Waals surface area (Å²) in [5.41, 5.74) is 2.74. The van der Waals surface area contributed by atoms with Crippen molar-refractivity contribution in [2.45, 2.75) is 32.2 Å². The smallest absolute Gasteiger partial charge is 0.339 e. The van der Waals surface area contributed by atoms with Crippen LogP contribution in [0.25, 0.3) is 11.0 Å². The minimum Gasteiger partial charge on any atom is -0.465 e. The van der Waals surface area contributed by atoms with Gasteiger partial charge in [0, 0.05) is 5.69 Å². The fourth-order valence-electron chi connectivity index (χ4n) is 3.55. The molecule has 8 heteroatoms. The van der Waals surface area contributed by atoms with Crippen LogP contribution in [0.5, 0.6) is 0 Å². The number of carbonyl (C=O) groups is 2. The zero-order valence-electron chi connectivity index (χ0n) is 16.0. The Balaban J connectivity index is 1.60. The van der Waals surface area contributed by atoms with E-state index >= 15 is 0 Å². The number of aromatic nitrogens is 3. The molecule has 1 aromatic carbocycles. The lowest BCUT2D eigenvalue weighted by Crippen LogP contribution is -2.28. The first-order valence-corrected chi connectivity index (χ1v) is 9.42. The number of ether oxygens (including phenoxy) is 1. The molecule has 1 amide bonds. The van der Waals surface area contributed by atoms with Gasteiger partial charge in [0.1, 0.15) is 12.9 Å². The van der Waals surface area contributed by atoms with E-state index in [0.29, 0.717) is 16.7 Å². The number of rotatable bonds is 4. The third-order valence-corrected chi connectivity index (χ3v) is 5.01. The monoisotopic (exact) mass is 392 g/mol. The quantitative estimate of drug-likeness (QED) is 0.682. The van der Waals surface area contributed by atoms with Gasteiger partial charge in [0.2, 0.25) is 5.91 Å². The van der Waals surface area contributed by atoms with Crippen LogP contribution in [0.3, 0.4) is 0 Å². The van der Waals surface area contributed by atoms with Gasteiger partial charge in [0.15, 0.2) is 5.65 Å². The summed E-state index contributed by atoms with van der Waals surface area (Å²) in [5, 5.41) is 3.07. The van der Waals surface area contributed by atoms with Crippen molar-refractivity contribution in [3.8, 4) is 0 Å². The van der Waals surface area contributed by atoms with Crippen molar-refractivity contribution in [2.24, 2.45) is 0 Å². The van der Waals surface area contributed by atoms with Crippen molar-refractivity contribution in [2.75, 3.05) is 12.4 Å². The van der Waals surface area contributed by atoms with Gasteiger partial charge in [-0.15, -0.1) is 0 Å². The maximum Gasteiger partial charge on any atom is 0.339 e. The summed E-state index contributed by atoms with van der Waals surface area (Å²) in [5.74, 6) is -1.00. The largest absolute Gasteiger partial charge is 0.465 e. The third-order valence-electron chi connectivity index (χ3n) is 5.01. The molecule has 148 valence electrons. The summed E-state index contributed by atoms with van der Waals surface area (Å²) < 4.78 is 5.97. The first kappa shape index (κ1) is 18.8. The van der Waals surface area contributed by atoms with Crippen molar-refractivity contribution >= 4 is 28.6 Å². The molecule has 0 atom stereocenters. The molecule has 0 fully saturated rings. The summed E-state index contributed by atoms with van der Waals surface area (Å²) >= 11 is 0. The molecule has 29 heavy (non-hydrogen) atoms. The topological polar surface area (TPSA) is 103 Å². The van der Waals surface area contributed by atoms with Crippen molar-refractivity contribution < 1.29 is 14.3 Å². The number of esters is 1. The number of carbonyl (C=O) groups excluding carboxylic acids is 2. The van der Waals surface area contributed by atoms with Crippen molar-refractivity contribution in [1.29, 1.82) is 0 Å². The van der Waals surface area contributed by atoms with Crippen LogP contribution in [-0.4, -0.2) is 33.5 Å². The highest BCUT2D eigenvalue weighted by Gasteiger charge is 2.17. The molecule has 0 radical (unpaired) electrons. The Kier molecular flexibility index (Phi) is 5.07. The number of methoxy groups -OCH3 is 1. The fourth-order valence-corrected chi connectivity index (χ4v) is 3.55. The van der Waals surface area contributed by atoms with Gasteiger partial charge in [-0.3, -0.25) is 14.2 Å². The molecule has 0 saturated carbocycles. The molecule has 0 spiro atoms. The number of para-hydroxylation sites is 1. The number of amides is 1. The Morgan fingerprint density at radius 2 is 2.00 bits per heavy atom. The van der Waals surface area contributed by atoms with Crippen molar-refractivity contribution in [3.63, 3.8) is 0 Å². The molecule has 0 unspecified atom stereocenters. The van der Waals surface area contributed by atoms with Crippen LogP contribution in [0.2, 0.25) is 0 Å². The molecule has 1 aliphatic carbocycles. The predicted octanol–water partition coefficient (Wildman–Crippen LogP) is 2.10. The number of fused-ring (bicyclic) bond motifs is 2. The molecule has 2 aromatic heterocycles. The lowest BCUT2D eigenvalue weighted by atomic mass is 9.95.